The lowest BCUT2D eigenvalue weighted by atomic mass is 10.8. The van der Waals surface area contributed by atoms with E-state index in [1.807, 2.05) is 0 Å². The van der Waals surface area contributed by atoms with Crippen molar-refractivity contribution in [3.8, 4) is 0 Å². The second kappa shape index (κ2) is 16.0. The molecule has 14 heavy (non-hydrogen) atoms. The molecule has 8 heteroatoms. The van der Waals surface area contributed by atoms with E-state index in [1.54, 1.807) is 6.92 Å². The first kappa shape index (κ1) is 24.0. The molecule has 0 aliphatic rings. The Labute approximate surface area is 103 Å². The molecule has 0 unspecified atom stereocenters. The summed E-state index contributed by atoms with van der Waals surface area (Å²) < 4.78 is 2.79. The Morgan fingerprint density at radius 3 is 1.50 bits per heavy atom. The summed E-state index contributed by atoms with van der Waals surface area (Å²) >= 11 is 19.3. The van der Waals surface area contributed by atoms with Crippen molar-refractivity contribution in [1.82, 2.24) is 0 Å². The fourth-order valence-electron chi connectivity index (χ4n) is 0.203. The molecule has 0 heterocycles. The molecule has 0 aromatic heterocycles. The van der Waals surface area contributed by atoms with E-state index in [0.29, 0.717) is 6.61 Å². The summed E-state index contributed by atoms with van der Waals surface area (Å²) in [6.45, 7) is 3.65. The molecular formula is C6H14Cl4O4. The minimum Gasteiger partial charge on any atom is -0.466 e. The van der Waals surface area contributed by atoms with E-state index in [2.05, 4.69) is 4.74 Å². The lowest BCUT2D eigenvalue weighted by Gasteiger charge is -1.91. The van der Waals surface area contributed by atoms with Crippen molar-refractivity contribution in [2.45, 2.75) is 17.1 Å². The van der Waals surface area contributed by atoms with Crippen LogP contribution in [0.25, 0.3) is 0 Å². The van der Waals surface area contributed by atoms with Gasteiger partial charge >= 0.3 is 5.97 Å². The number of ether oxygens (including phenoxy) is 1. The quantitative estimate of drug-likeness (QED) is 0.592. The van der Waals surface area contributed by atoms with Crippen LogP contribution in [0.15, 0.2) is 0 Å². The molecule has 0 fully saturated rings. The molecule has 3 N–H and O–H groups in total. The van der Waals surface area contributed by atoms with E-state index in [1.165, 1.54) is 6.92 Å². The van der Waals surface area contributed by atoms with Gasteiger partial charge in [0.15, 0.2) is 0 Å². The van der Waals surface area contributed by atoms with Gasteiger partial charge in [-0.2, -0.15) is 0 Å². The predicted octanol–water partition coefficient (Wildman–Crippen LogP) is 1.91. The normalized spacial score (nSPS) is 8.00. The lowest BCUT2D eigenvalue weighted by molar-refractivity contribution is -0.140. The molecule has 0 spiro atoms. The van der Waals surface area contributed by atoms with Gasteiger partial charge in [0.1, 0.15) is 0 Å². The molecule has 0 atom stereocenters. The van der Waals surface area contributed by atoms with Crippen molar-refractivity contribution < 1.29 is 20.1 Å². The van der Waals surface area contributed by atoms with Crippen LogP contribution in [0.5, 0.6) is 0 Å². The van der Waals surface area contributed by atoms with Crippen molar-refractivity contribution in [3.05, 3.63) is 0 Å². The standard InChI is InChI=1S/C4H8O2.CCl4.CH4O.H2O/c1-3-6-4(2)5;2-1(3,4)5;1-2;/h3H2,1-2H3;;2H,1H3;1H2. The van der Waals surface area contributed by atoms with Crippen molar-refractivity contribution in [3.63, 3.8) is 0 Å². The van der Waals surface area contributed by atoms with Gasteiger partial charge in [0.05, 0.1) is 6.61 Å². The SMILES string of the molecule is CCOC(C)=O.CO.ClC(Cl)(Cl)Cl.O. The number of halogens is 4. The molecule has 0 aromatic carbocycles. The Morgan fingerprint density at radius 1 is 1.29 bits per heavy atom. The first-order valence-corrected chi connectivity index (χ1v) is 4.62. The summed E-state index contributed by atoms with van der Waals surface area (Å²) in [5, 5.41) is 7.00. The van der Waals surface area contributed by atoms with Gasteiger partial charge in [-0.25, -0.2) is 0 Å². The Balaban J connectivity index is -0.0000000576. The lowest BCUT2D eigenvalue weighted by Crippen LogP contribution is -1.95. The maximum absolute atomic E-state index is 9.82. The third-order valence-corrected chi connectivity index (χ3v) is 0.348. The van der Waals surface area contributed by atoms with E-state index in [0.717, 1.165) is 7.11 Å². The van der Waals surface area contributed by atoms with E-state index < -0.39 is 3.25 Å². The third-order valence-electron chi connectivity index (χ3n) is 0.348. The number of esters is 1. The Bertz CT molecular complexity index is 109. The average Bonchev–Trinajstić information content (AvgIpc) is 1.87. The van der Waals surface area contributed by atoms with E-state index in [-0.39, 0.29) is 11.4 Å². The molecule has 0 aromatic rings. The summed E-state index contributed by atoms with van der Waals surface area (Å²) in [5.74, 6) is -0.211. The Kier molecular flexibility index (Phi) is 27.4. The number of alkyl halides is 4. The average molecular weight is 292 g/mol. The van der Waals surface area contributed by atoms with Crippen LogP contribution in [-0.2, 0) is 9.53 Å². The fraction of sp³-hybridized carbons (Fsp3) is 0.833. The summed E-state index contributed by atoms with van der Waals surface area (Å²) in [7, 11) is 1.00. The van der Waals surface area contributed by atoms with Crippen molar-refractivity contribution in [2.24, 2.45) is 0 Å². The third kappa shape index (κ3) is 133. The first-order valence-electron chi connectivity index (χ1n) is 3.11. The number of hydrogen-bond acceptors (Lipinski definition) is 3. The molecule has 4 nitrogen and oxygen atoms in total. The van der Waals surface area contributed by atoms with Crippen LogP contribution in [0.3, 0.4) is 0 Å². The topological polar surface area (TPSA) is 78.0 Å². The van der Waals surface area contributed by atoms with Crippen molar-refractivity contribution in [2.75, 3.05) is 13.7 Å². The van der Waals surface area contributed by atoms with Gasteiger partial charge in [-0.3, -0.25) is 4.79 Å². The van der Waals surface area contributed by atoms with Crippen LogP contribution in [-0.4, -0.2) is 33.5 Å². The minimum absolute atomic E-state index is 0. The van der Waals surface area contributed by atoms with Crippen LogP contribution < -0.4 is 0 Å². The Morgan fingerprint density at radius 2 is 1.50 bits per heavy atom. The minimum atomic E-state index is -1.61. The highest BCUT2D eigenvalue weighted by molar-refractivity contribution is 6.83. The van der Waals surface area contributed by atoms with Crippen LogP contribution in [0.2, 0.25) is 0 Å². The van der Waals surface area contributed by atoms with Crippen LogP contribution in [0.4, 0.5) is 0 Å². The van der Waals surface area contributed by atoms with E-state index >= 15 is 0 Å². The number of carbonyl (C=O) groups is 1. The van der Waals surface area contributed by atoms with Crippen molar-refractivity contribution >= 4 is 52.4 Å². The molecule has 0 radical (unpaired) electrons. The summed E-state index contributed by atoms with van der Waals surface area (Å²) in [6.07, 6.45) is 0. The highest BCUT2D eigenvalue weighted by Gasteiger charge is 2.11. The molecule has 0 aliphatic heterocycles. The number of rotatable bonds is 1. The second-order valence-electron chi connectivity index (χ2n) is 1.35. The van der Waals surface area contributed by atoms with Crippen LogP contribution in [0, 0.1) is 0 Å². The summed E-state index contributed by atoms with van der Waals surface area (Å²) in [5.41, 5.74) is 0. The van der Waals surface area contributed by atoms with Gasteiger partial charge in [0.2, 0.25) is 0 Å². The maximum Gasteiger partial charge on any atom is 0.302 e. The second-order valence-corrected chi connectivity index (χ2v) is 4.78. The predicted molar refractivity (Wildman–Crippen MR) is 60.2 cm³/mol. The zero-order valence-corrected chi connectivity index (χ0v) is 11.0. The smallest absolute Gasteiger partial charge is 0.302 e. The first-order chi connectivity index (χ1) is 5.77. The number of aliphatic hydroxyl groups excluding tert-OH is 1. The van der Waals surface area contributed by atoms with Gasteiger partial charge in [0, 0.05) is 14.0 Å². The van der Waals surface area contributed by atoms with Gasteiger partial charge < -0.3 is 15.3 Å². The largest absolute Gasteiger partial charge is 0.466 e. The van der Waals surface area contributed by atoms with Gasteiger partial charge in [-0.15, -0.1) is 0 Å². The summed E-state index contributed by atoms with van der Waals surface area (Å²) in [4.78, 5) is 9.82. The zero-order valence-electron chi connectivity index (χ0n) is 7.98. The molecule has 0 saturated carbocycles. The number of hydrogen-bond donors (Lipinski definition) is 1. The van der Waals surface area contributed by atoms with Gasteiger partial charge in [0.25, 0.3) is 3.25 Å². The number of aliphatic hydroxyl groups is 1. The van der Waals surface area contributed by atoms with Crippen molar-refractivity contribution in [1.29, 1.82) is 0 Å². The molecule has 0 amide bonds. The fourth-order valence-corrected chi connectivity index (χ4v) is 0.203. The van der Waals surface area contributed by atoms with Crippen LogP contribution >= 0.6 is 46.4 Å². The molecule has 0 aliphatic carbocycles. The summed E-state index contributed by atoms with van der Waals surface area (Å²) in [6, 6.07) is 0. The van der Waals surface area contributed by atoms with Gasteiger partial charge in [-0.05, 0) is 6.92 Å². The number of carbonyl (C=O) groups excluding carboxylic acids is 1. The molecular weight excluding hydrogens is 278 g/mol. The molecule has 0 saturated heterocycles. The van der Waals surface area contributed by atoms with Gasteiger partial charge in [-0.1, -0.05) is 46.4 Å². The maximum atomic E-state index is 9.82. The molecule has 0 rings (SSSR count). The molecule has 0 bridgehead atoms. The van der Waals surface area contributed by atoms with E-state index in [9.17, 15) is 4.79 Å². The zero-order chi connectivity index (χ0) is 11.5. The monoisotopic (exact) mass is 290 g/mol. The van der Waals surface area contributed by atoms with Crippen LogP contribution in [0.1, 0.15) is 13.8 Å². The Hall–Kier alpha value is 0.550. The molecule has 90 valence electrons. The highest BCUT2D eigenvalue weighted by Crippen LogP contribution is 2.29. The highest BCUT2D eigenvalue weighted by atomic mass is 35.6. The van der Waals surface area contributed by atoms with E-state index in [4.69, 9.17) is 51.5 Å².